The van der Waals surface area contributed by atoms with E-state index < -0.39 is 0 Å². The Morgan fingerprint density at radius 3 is 2.48 bits per heavy atom. The molecule has 1 amide bonds. The molecule has 1 atom stereocenters. The second-order valence-corrected chi connectivity index (χ2v) is 6.93. The average Bonchev–Trinajstić information content (AvgIpc) is 3.20. The van der Waals surface area contributed by atoms with E-state index in [9.17, 15) is 4.79 Å². The van der Waals surface area contributed by atoms with Crippen LogP contribution in [-0.2, 0) is 4.79 Å². The van der Waals surface area contributed by atoms with E-state index in [2.05, 4.69) is 15.6 Å². The highest BCUT2D eigenvalue weighted by molar-refractivity contribution is 14.0. The fourth-order valence-electron chi connectivity index (χ4n) is 3.40. The van der Waals surface area contributed by atoms with Crippen LogP contribution in [0.5, 0.6) is 0 Å². The monoisotopic (exact) mass is 462 g/mol. The quantitative estimate of drug-likeness (QED) is 0.401. The Kier molecular flexibility index (Phi) is 8.24. The van der Waals surface area contributed by atoms with Crippen molar-refractivity contribution in [1.29, 1.82) is 0 Å². The van der Waals surface area contributed by atoms with Crippen LogP contribution < -0.4 is 10.6 Å². The zero-order valence-electron chi connectivity index (χ0n) is 15.9. The molecule has 1 heterocycles. The number of amides is 1. The molecule has 0 spiro atoms. The van der Waals surface area contributed by atoms with Crippen LogP contribution in [0.4, 0.5) is 0 Å². The van der Waals surface area contributed by atoms with Gasteiger partial charge in [0.05, 0.1) is 11.5 Å². The van der Waals surface area contributed by atoms with Crippen molar-refractivity contribution in [2.45, 2.75) is 45.6 Å². The van der Waals surface area contributed by atoms with Gasteiger partial charge in [0.2, 0.25) is 5.91 Å². The van der Waals surface area contributed by atoms with Crippen LogP contribution in [0.1, 0.15) is 50.2 Å². The highest BCUT2D eigenvalue weighted by Crippen LogP contribution is 2.38. The molecule has 1 saturated carbocycles. The first-order chi connectivity index (χ1) is 11.4. The van der Waals surface area contributed by atoms with Crippen LogP contribution in [0.3, 0.4) is 0 Å². The summed E-state index contributed by atoms with van der Waals surface area (Å²) < 4.78 is 5.65. The molecule has 1 aliphatic carbocycles. The van der Waals surface area contributed by atoms with Crippen LogP contribution in [0.25, 0.3) is 0 Å². The Balaban J connectivity index is 0.00000312. The number of halogens is 1. The third-order valence-electron chi connectivity index (χ3n) is 4.78. The first kappa shape index (κ1) is 21.8. The molecule has 0 radical (unpaired) electrons. The maximum Gasteiger partial charge on any atom is 0.230 e. The summed E-state index contributed by atoms with van der Waals surface area (Å²) in [5.74, 6) is 2.66. The molecule has 2 N–H and O–H groups in total. The fourth-order valence-corrected chi connectivity index (χ4v) is 3.40. The SMILES string of the molecule is CN=C(NCC1(C(=O)N(C)C)CCCC1)NC(C)c1ccc(C)o1.I. The summed E-state index contributed by atoms with van der Waals surface area (Å²) in [5, 5.41) is 6.67. The number of furan rings is 1. The topological polar surface area (TPSA) is 69.9 Å². The number of rotatable bonds is 5. The zero-order valence-corrected chi connectivity index (χ0v) is 18.2. The minimum absolute atomic E-state index is 0. The zero-order chi connectivity index (χ0) is 17.7. The Hall–Kier alpha value is -1.25. The Labute approximate surface area is 167 Å². The van der Waals surface area contributed by atoms with E-state index in [4.69, 9.17) is 4.42 Å². The molecule has 7 heteroatoms. The predicted octanol–water partition coefficient (Wildman–Crippen LogP) is 3.08. The van der Waals surface area contributed by atoms with Crippen molar-refractivity contribution >= 4 is 35.8 Å². The molecule has 1 unspecified atom stereocenters. The lowest BCUT2D eigenvalue weighted by Gasteiger charge is -2.31. The number of guanidine groups is 1. The number of carbonyl (C=O) groups is 1. The maximum absolute atomic E-state index is 12.6. The van der Waals surface area contributed by atoms with Gasteiger partial charge >= 0.3 is 0 Å². The summed E-state index contributed by atoms with van der Waals surface area (Å²) in [6.07, 6.45) is 4.08. The van der Waals surface area contributed by atoms with Gasteiger partial charge in [0.1, 0.15) is 11.5 Å². The molecule has 0 aliphatic heterocycles. The Morgan fingerprint density at radius 2 is 2.00 bits per heavy atom. The summed E-state index contributed by atoms with van der Waals surface area (Å²) >= 11 is 0. The predicted molar refractivity (Wildman–Crippen MR) is 111 cm³/mol. The molecule has 1 aromatic rings. The molecular formula is C18H31IN4O2. The molecule has 1 aliphatic rings. The molecule has 1 fully saturated rings. The van der Waals surface area contributed by atoms with Gasteiger partial charge < -0.3 is 20.0 Å². The van der Waals surface area contributed by atoms with Gasteiger partial charge in [-0.15, -0.1) is 24.0 Å². The lowest BCUT2D eigenvalue weighted by Crippen LogP contribution is -2.49. The van der Waals surface area contributed by atoms with Gasteiger partial charge in [0.25, 0.3) is 0 Å². The lowest BCUT2D eigenvalue weighted by molar-refractivity contribution is -0.138. The number of nitrogens with zero attached hydrogens (tertiary/aromatic N) is 2. The van der Waals surface area contributed by atoms with Crippen molar-refractivity contribution in [2.24, 2.45) is 10.4 Å². The van der Waals surface area contributed by atoms with Crippen LogP contribution in [0.15, 0.2) is 21.5 Å². The molecule has 0 bridgehead atoms. The van der Waals surface area contributed by atoms with Gasteiger partial charge in [-0.3, -0.25) is 9.79 Å². The van der Waals surface area contributed by atoms with Crippen molar-refractivity contribution in [3.63, 3.8) is 0 Å². The van der Waals surface area contributed by atoms with Crippen molar-refractivity contribution in [3.05, 3.63) is 23.7 Å². The van der Waals surface area contributed by atoms with E-state index in [1.54, 1.807) is 11.9 Å². The van der Waals surface area contributed by atoms with Crippen molar-refractivity contribution in [1.82, 2.24) is 15.5 Å². The van der Waals surface area contributed by atoms with Gasteiger partial charge in [-0.05, 0) is 38.8 Å². The Bertz CT molecular complexity index is 592. The smallest absolute Gasteiger partial charge is 0.230 e. The third kappa shape index (κ3) is 5.36. The normalized spacial score (nSPS) is 17.6. The number of nitrogens with one attached hydrogen (secondary N) is 2. The van der Waals surface area contributed by atoms with Gasteiger partial charge in [-0.25, -0.2) is 0 Å². The number of aryl methyl sites for hydroxylation is 1. The highest BCUT2D eigenvalue weighted by Gasteiger charge is 2.42. The minimum atomic E-state index is -0.314. The van der Waals surface area contributed by atoms with E-state index in [0.717, 1.165) is 37.2 Å². The summed E-state index contributed by atoms with van der Waals surface area (Å²) in [6, 6.07) is 3.93. The molecule has 142 valence electrons. The number of carbonyl (C=O) groups excluding carboxylic acids is 1. The molecule has 0 saturated heterocycles. The van der Waals surface area contributed by atoms with Crippen molar-refractivity contribution in [3.8, 4) is 0 Å². The van der Waals surface area contributed by atoms with E-state index >= 15 is 0 Å². The molecule has 0 aromatic carbocycles. The minimum Gasteiger partial charge on any atom is -0.464 e. The standard InChI is InChI=1S/C18H30N4O2.HI/c1-13-8-9-15(24-13)14(2)21-17(19-3)20-12-18(10-6-7-11-18)16(23)22(4)5;/h8-9,14H,6-7,10-12H2,1-5H3,(H2,19,20,21);1H. The fraction of sp³-hybridized carbons (Fsp3) is 0.667. The summed E-state index contributed by atoms with van der Waals surface area (Å²) in [6.45, 7) is 4.56. The largest absolute Gasteiger partial charge is 0.464 e. The second-order valence-electron chi connectivity index (χ2n) is 6.93. The maximum atomic E-state index is 12.6. The first-order valence-electron chi connectivity index (χ1n) is 8.63. The van der Waals surface area contributed by atoms with E-state index in [-0.39, 0.29) is 41.3 Å². The summed E-state index contributed by atoms with van der Waals surface area (Å²) in [7, 11) is 5.40. The van der Waals surface area contributed by atoms with Crippen molar-refractivity contribution in [2.75, 3.05) is 27.7 Å². The molecular weight excluding hydrogens is 431 g/mol. The van der Waals surface area contributed by atoms with Crippen LogP contribution in [0.2, 0.25) is 0 Å². The van der Waals surface area contributed by atoms with Gasteiger partial charge in [0, 0.05) is 27.7 Å². The summed E-state index contributed by atoms with van der Waals surface area (Å²) in [5.41, 5.74) is -0.314. The Morgan fingerprint density at radius 1 is 1.36 bits per heavy atom. The summed E-state index contributed by atoms with van der Waals surface area (Å²) in [4.78, 5) is 18.6. The molecule has 2 rings (SSSR count). The van der Waals surface area contributed by atoms with Gasteiger partial charge in [-0.1, -0.05) is 12.8 Å². The molecule has 6 nitrogen and oxygen atoms in total. The highest BCUT2D eigenvalue weighted by atomic mass is 127. The van der Waals surface area contributed by atoms with E-state index in [1.165, 1.54) is 0 Å². The van der Waals surface area contributed by atoms with Crippen molar-refractivity contribution < 1.29 is 9.21 Å². The number of aliphatic imine (C=N–C) groups is 1. The molecule has 1 aromatic heterocycles. The number of hydrogen-bond acceptors (Lipinski definition) is 3. The van der Waals surface area contributed by atoms with Crippen LogP contribution >= 0.6 is 24.0 Å². The second kappa shape index (κ2) is 9.45. The van der Waals surface area contributed by atoms with Gasteiger partial charge in [0.15, 0.2) is 5.96 Å². The van der Waals surface area contributed by atoms with E-state index in [1.807, 2.05) is 40.1 Å². The van der Waals surface area contributed by atoms with Crippen LogP contribution in [-0.4, -0.2) is 44.5 Å². The average molecular weight is 462 g/mol. The third-order valence-corrected chi connectivity index (χ3v) is 4.78. The molecule has 25 heavy (non-hydrogen) atoms. The first-order valence-corrected chi connectivity index (χ1v) is 8.63. The van der Waals surface area contributed by atoms with Crippen LogP contribution in [0, 0.1) is 12.3 Å². The lowest BCUT2D eigenvalue weighted by atomic mass is 9.84. The van der Waals surface area contributed by atoms with Gasteiger partial charge in [-0.2, -0.15) is 0 Å². The number of hydrogen-bond donors (Lipinski definition) is 2. The van der Waals surface area contributed by atoms with E-state index in [0.29, 0.717) is 12.5 Å².